The number of thioether (sulfide) groups is 1. The number of hydrogen-bond donors (Lipinski definition) is 2. The molecule has 0 aliphatic rings. The molecule has 10 heteroatoms. The van der Waals surface area contributed by atoms with Gasteiger partial charge in [0.2, 0.25) is 5.91 Å². The molecule has 2 N–H and O–H groups in total. The van der Waals surface area contributed by atoms with Gasteiger partial charge >= 0.3 is 5.97 Å². The van der Waals surface area contributed by atoms with Crippen molar-refractivity contribution in [3.8, 4) is 5.69 Å². The maximum atomic E-state index is 12.7. The highest BCUT2D eigenvalue weighted by Gasteiger charge is 2.26. The molecule has 32 heavy (non-hydrogen) atoms. The summed E-state index contributed by atoms with van der Waals surface area (Å²) in [7, 11) is 1.51. The summed E-state index contributed by atoms with van der Waals surface area (Å²) < 4.78 is 7.05. The fraction of sp³-hybridized carbons (Fsp3) is 0.273. The number of amides is 2. The topological polar surface area (TPSA) is 102 Å². The average Bonchev–Trinajstić information content (AvgIpc) is 3.36. The van der Waals surface area contributed by atoms with Crippen molar-refractivity contribution in [3.05, 3.63) is 58.2 Å². The van der Waals surface area contributed by atoms with Gasteiger partial charge in [-0.2, -0.15) is 0 Å². The van der Waals surface area contributed by atoms with E-state index < -0.39 is 5.97 Å². The molecule has 3 aromatic rings. The number of para-hydroxylation sites is 1. The monoisotopic (exact) mass is 472 g/mol. The molecule has 0 aliphatic carbocycles. The van der Waals surface area contributed by atoms with Crippen molar-refractivity contribution in [1.29, 1.82) is 0 Å². The highest BCUT2D eigenvalue weighted by atomic mass is 32.2. The maximum absolute atomic E-state index is 12.7. The number of anilines is 1. The van der Waals surface area contributed by atoms with Crippen molar-refractivity contribution in [2.75, 3.05) is 24.7 Å². The van der Waals surface area contributed by atoms with E-state index >= 15 is 0 Å². The van der Waals surface area contributed by atoms with Crippen LogP contribution in [0.15, 0.2) is 41.8 Å². The Morgan fingerprint density at radius 1 is 1.22 bits per heavy atom. The summed E-state index contributed by atoms with van der Waals surface area (Å²) in [6.07, 6.45) is 3.53. The Bertz CT molecular complexity index is 1150. The van der Waals surface area contributed by atoms with E-state index in [4.69, 9.17) is 4.74 Å². The SMILES string of the molecule is CCOC(=O)c1c(NC(=O)CSc2nccn2-c2ccccc2C)sc(C(=O)NC)c1C. The second-order valence-corrected chi connectivity index (χ2v) is 8.73. The van der Waals surface area contributed by atoms with E-state index in [1.807, 2.05) is 42.0 Å². The Morgan fingerprint density at radius 2 is 1.97 bits per heavy atom. The van der Waals surface area contributed by atoms with Gasteiger partial charge in [0.05, 0.1) is 28.5 Å². The highest BCUT2D eigenvalue weighted by molar-refractivity contribution is 7.99. The van der Waals surface area contributed by atoms with Crippen LogP contribution >= 0.6 is 23.1 Å². The number of esters is 1. The van der Waals surface area contributed by atoms with Crippen molar-refractivity contribution in [1.82, 2.24) is 14.9 Å². The van der Waals surface area contributed by atoms with Crippen LogP contribution in [0.3, 0.4) is 0 Å². The lowest BCUT2D eigenvalue weighted by Gasteiger charge is -2.10. The lowest BCUT2D eigenvalue weighted by molar-refractivity contribution is -0.113. The fourth-order valence-corrected chi connectivity index (χ4v) is 5.01. The first-order valence-corrected chi connectivity index (χ1v) is 11.7. The molecule has 2 aromatic heterocycles. The van der Waals surface area contributed by atoms with Crippen LogP contribution in [0.25, 0.3) is 5.69 Å². The zero-order valence-electron chi connectivity index (χ0n) is 18.2. The molecular formula is C22H24N4O4S2. The normalized spacial score (nSPS) is 10.6. The largest absolute Gasteiger partial charge is 0.462 e. The summed E-state index contributed by atoms with van der Waals surface area (Å²) >= 11 is 2.33. The summed E-state index contributed by atoms with van der Waals surface area (Å²) in [6.45, 7) is 5.56. The predicted molar refractivity (Wildman–Crippen MR) is 126 cm³/mol. The first-order chi connectivity index (χ1) is 15.4. The number of nitrogens with zero attached hydrogens (tertiary/aromatic N) is 2. The first-order valence-electron chi connectivity index (χ1n) is 9.91. The Balaban J connectivity index is 1.78. The van der Waals surface area contributed by atoms with E-state index in [1.165, 1.54) is 18.8 Å². The molecule has 1 aromatic carbocycles. The number of carbonyl (C=O) groups excluding carboxylic acids is 3. The molecule has 0 saturated heterocycles. The summed E-state index contributed by atoms with van der Waals surface area (Å²) in [5.74, 6) is -1.13. The number of imidazole rings is 1. The van der Waals surface area contributed by atoms with E-state index in [9.17, 15) is 14.4 Å². The van der Waals surface area contributed by atoms with Crippen molar-refractivity contribution >= 4 is 45.9 Å². The van der Waals surface area contributed by atoms with Crippen LogP contribution in [0, 0.1) is 13.8 Å². The van der Waals surface area contributed by atoms with Crippen LogP contribution in [-0.4, -0.2) is 46.7 Å². The third kappa shape index (κ3) is 5.03. The van der Waals surface area contributed by atoms with E-state index in [2.05, 4.69) is 15.6 Å². The zero-order chi connectivity index (χ0) is 23.3. The quantitative estimate of drug-likeness (QED) is 0.382. The van der Waals surface area contributed by atoms with Gasteiger partial charge in [-0.25, -0.2) is 9.78 Å². The van der Waals surface area contributed by atoms with Gasteiger partial charge < -0.3 is 15.4 Å². The number of ether oxygens (including phenoxy) is 1. The summed E-state index contributed by atoms with van der Waals surface area (Å²) in [5.41, 5.74) is 2.76. The van der Waals surface area contributed by atoms with Crippen molar-refractivity contribution in [3.63, 3.8) is 0 Å². The van der Waals surface area contributed by atoms with E-state index in [0.29, 0.717) is 20.6 Å². The minimum Gasteiger partial charge on any atom is -0.462 e. The Hall–Kier alpha value is -3.11. The average molecular weight is 473 g/mol. The van der Waals surface area contributed by atoms with Crippen LogP contribution in [-0.2, 0) is 9.53 Å². The third-order valence-corrected chi connectivity index (χ3v) is 6.80. The van der Waals surface area contributed by atoms with E-state index in [0.717, 1.165) is 22.6 Å². The lowest BCUT2D eigenvalue weighted by Crippen LogP contribution is -2.18. The smallest absolute Gasteiger partial charge is 0.341 e. The van der Waals surface area contributed by atoms with Crippen LogP contribution in [0.5, 0.6) is 0 Å². The summed E-state index contributed by atoms with van der Waals surface area (Å²) in [5, 5.41) is 6.29. The minimum atomic E-state index is -0.575. The van der Waals surface area contributed by atoms with Gasteiger partial charge in [0, 0.05) is 19.4 Å². The molecule has 0 saturated carbocycles. The Morgan fingerprint density at radius 3 is 2.66 bits per heavy atom. The molecular weight excluding hydrogens is 448 g/mol. The molecule has 8 nitrogen and oxygen atoms in total. The third-order valence-electron chi connectivity index (χ3n) is 4.63. The highest BCUT2D eigenvalue weighted by Crippen LogP contribution is 2.34. The van der Waals surface area contributed by atoms with Gasteiger partial charge in [-0.05, 0) is 38.0 Å². The van der Waals surface area contributed by atoms with Crippen LogP contribution in [0.1, 0.15) is 38.1 Å². The molecule has 0 unspecified atom stereocenters. The van der Waals surface area contributed by atoms with Gasteiger partial charge in [0.1, 0.15) is 5.00 Å². The van der Waals surface area contributed by atoms with Crippen LogP contribution < -0.4 is 10.6 Å². The van der Waals surface area contributed by atoms with Gasteiger partial charge in [-0.1, -0.05) is 30.0 Å². The summed E-state index contributed by atoms with van der Waals surface area (Å²) in [4.78, 5) is 42.0. The molecule has 2 amide bonds. The Labute approximate surface area is 194 Å². The molecule has 0 spiro atoms. The van der Waals surface area contributed by atoms with E-state index in [-0.39, 0.29) is 29.7 Å². The van der Waals surface area contributed by atoms with Crippen LogP contribution in [0.2, 0.25) is 0 Å². The second kappa shape index (κ2) is 10.5. The number of carbonyl (C=O) groups is 3. The predicted octanol–water partition coefficient (Wildman–Crippen LogP) is 3.82. The maximum Gasteiger partial charge on any atom is 0.341 e. The van der Waals surface area contributed by atoms with Crippen LogP contribution in [0.4, 0.5) is 5.00 Å². The lowest BCUT2D eigenvalue weighted by atomic mass is 10.1. The number of benzene rings is 1. The number of thiophene rings is 1. The molecule has 0 aliphatic heterocycles. The van der Waals surface area contributed by atoms with Crippen molar-refractivity contribution in [2.24, 2.45) is 0 Å². The fourth-order valence-electron chi connectivity index (χ4n) is 3.09. The van der Waals surface area contributed by atoms with Crippen molar-refractivity contribution in [2.45, 2.75) is 25.9 Å². The second-order valence-electron chi connectivity index (χ2n) is 6.76. The van der Waals surface area contributed by atoms with Gasteiger partial charge in [0.15, 0.2) is 5.16 Å². The molecule has 0 radical (unpaired) electrons. The number of hydrogen-bond acceptors (Lipinski definition) is 7. The van der Waals surface area contributed by atoms with Gasteiger partial charge in [-0.15, -0.1) is 11.3 Å². The molecule has 2 heterocycles. The summed E-state index contributed by atoms with van der Waals surface area (Å²) in [6, 6.07) is 7.91. The molecule has 3 rings (SSSR count). The van der Waals surface area contributed by atoms with Crippen molar-refractivity contribution < 1.29 is 19.1 Å². The number of nitrogens with one attached hydrogen (secondary N) is 2. The first kappa shape index (κ1) is 23.6. The standard InChI is InChI=1S/C22H24N4O4S2/c1-5-30-21(29)17-14(3)18(19(28)23-4)32-20(17)25-16(27)12-31-22-24-10-11-26(22)15-9-7-6-8-13(15)2/h6-11H,5,12H2,1-4H3,(H,23,28)(H,25,27). The molecule has 0 fully saturated rings. The molecule has 168 valence electrons. The number of aromatic nitrogens is 2. The molecule has 0 bridgehead atoms. The number of aryl methyl sites for hydroxylation is 1. The molecule has 0 atom stereocenters. The zero-order valence-corrected chi connectivity index (χ0v) is 19.9. The Kier molecular flexibility index (Phi) is 7.70. The minimum absolute atomic E-state index is 0.0808. The number of rotatable bonds is 8. The van der Waals surface area contributed by atoms with E-state index in [1.54, 1.807) is 20.0 Å². The van der Waals surface area contributed by atoms with Gasteiger partial charge in [-0.3, -0.25) is 14.2 Å². The van der Waals surface area contributed by atoms with Gasteiger partial charge in [0.25, 0.3) is 5.91 Å².